The highest BCUT2D eigenvalue weighted by Gasteiger charge is 2.51. The number of hydrogen-bond acceptors (Lipinski definition) is 4. The van der Waals surface area contributed by atoms with Gasteiger partial charge in [0.05, 0.1) is 6.04 Å². The fourth-order valence-corrected chi connectivity index (χ4v) is 5.37. The standard InChI is InChI=1S/C21H28N4O2/c22-18(26)19-24-13-3-4-17(24)20(27)25(19)16-7-5-15(6-8-16)21(9-10-21)14-23-11-1-2-12-23/h5-8,17,19H,1-4,9-14H2,(H2,22,26)/t17-,19?/m0/s1. The molecule has 6 nitrogen and oxygen atoms in total. The topological polar surface area (TPSA) is 69.9 Å². The molecular formula is C21H28N4O2. The fourth-order valence-electron chi connectivity index (χ4n) is 5.37. The van der Waals surface area contributed by atoms with Gasteiger partial charge in [-0.1, -0.05) is 12.1 Å². The van der Waals surface area contributed by atoms with Crippen molar-refractivity contribution in [1.29, 1.82) is 0 Å². The van der Waals surface area contributed by atoms with Crippen molar-refractivity contribution in [2.75, 3.05) is 31.1 Å². The molecule has 0 radical (unpaired) electrons. The van der Waals surface area contributed by atoms with Crippen LogP contribution in [0.2, 0.25) is 0 Å². The van der Waals surface area contributed by atoms with Crippen molar-refractivity contribution in [2.45, 2.75) is 56.1 Å². The zero-order valence-electron chi connectivity index (χ0n) is 15.8. The van der Waals surface area contributed by atoms with Crippen molar-refractivity contribution in [3.63, 3.8) is 0 Å². The van der Waals surface area contributed by atoms with E-state index in [0.717, 1.165) is 31.6 Å². The Morgan fingerprint density at radius 3 is 2.41 bits per heavy atom. The minimum absolute atomic E-state index is 0.0160. The lowest BCUT2D eigenvalue weighted by Gasteiger charge is -2.27. The van der Waals surface area contributed by atoms with Gasteiger partial charge in [0.2, 0.25) is 5.91 Å². The quantitative estimate of drug-likeness (QED) is 0.854. The monoisotopic (exact) mass is 368 g/mol. The SMILES string of the molecule is NC(=O)C1N(c2ccc(C3(CN4CCCC4)CC3)cc2)C(=O)[C@@H]2CCCN12. The van der Waals surface area contributed by atoms with E-state index in [4.69, 9.17) is 5.73 Å². The molecule has 6 heteroatoms. The first-order chi connectivity index (χ1) is 13.1. The van der Waals surface area contributed by atoms with E-state index in [9.17, 15) is 9.59 Å². The van der Waals surface area contributed by atoms with Crippen LogP contribution in [0.25, 0.3) is 0 Å². The largest absolute Gasteiger partial charge is 0.367 e. The summed E-state index contributed by atoms with van der Waals surface area (Å²) in [5, 5.41) is 0. The lowest BCUT2D eigenvalue weighted by atomic mass is 9.95. The number of rotatable bonds is 5. The number of amides is 2. The fraction of sp³-hybridized carbons (Fsp3) is 0.619. The molecular weight excluding hydrogens is 340 g/mol. The smallest absolute Gasteiger partial charge is 0.255 e. The van der Waals surface area contributed by atoms with Crippen LogP contribution in [0.5, 0.6) is 0 Å². The van der Waals surface area contributed by atoms with Gasteiger partial charge < -0.3 is 10.6 Å². The minimum Gasteiger partial charge on any atom is -0.367 e. The highest BCUT2D eigenvalue weighted by molar-refractivity contribution is 6.06. The molecule has 144 valence electrons. The molecule has 3 aliphatic heterocycles. The second kappa shape index (κ2) is 6.31. The molecule has 3 heterocycles. The van der Waals surface area contributed by atoms with Gasteiger partial charge in [-0.05, 0) is 69.3 Å². The lowest BCUT2D eigenvalue weighted by Crippen LogP contribution is -2.49. The Hall–Kier alpha value is -1.92. The number of hydrogen-bond donors (Lipinski definition) is 1. The summed E-state index contributed by atoms with van der Waals surface area (Å²) in [6, 6.07) is 8.15. The van der Waals surface area contributed by atoms with Crippen molar-refractivity contribution in [3.05, 3.63) is 29.8 Å². The summed E-state index contributed by atoms with van der Waals surface area (Å²) in [5.41, 5.74) is 8.11. The third-order valence-electron chi connectivity index (χ3n) is 6.97. The number of primary amides is 1. The molecule has 2 atom stereocenters. The third-order valence-corrected chi connectivity index (χ3v) is 6.97. The highest BCUT2D eigenvalue weighted by Crippen LogP contribution is 2.49. The number of carbonyl (C=O) groups is 2. The molecule has 4 fully saturated rings. The third kappa shape index (κ3) is 2.77. The predicted molar refractivity (Wildman–Crippen MR) is 103 cm³/mol. The first kappa shape index (κ1) is 17.2. The van der Waals surface area contributed by atoms with E-state index in [1.165, 1.54) is 44.3 Å². The number of benzene rings is 1. The maximum absolute atomic E-state index is 12.9. The van der Waals surface area contributed by atoms with Crippen LogP contribution in [0.4, 0.5) is 5.69 Å². The average Bonchev–Trinajstić information content (AvgIpc) is 3.03. The number of nitrogens with zero attached hydrogens (tertiary/aromatic N) is 3. The van der Waals surface area contributed by atoms with Gasteiger partial charge in [-0.15, -0.1) is 0 Å². The van der Waals surface area contributed by atoms with Gasteiger partial charge in [-0.3, -0.25) is 19.4 Å². The van der Waals surface area contributed by atoms with Crippen LogP contribution in [0.3, 0.4) is 0 Å². The van der Waals surface area contributed by atoms with Gasteiger partial charge in [-0.25, -0.2) is 0 Å². The summed E-state index contributed by atoms with van der Waals surface area (Å²) in [5.74, 6) is -0.424. The number of likely N-dealkylation sites (tertiary alicyclic amines) is 1. The van der Waals surface area contributed by atoms with Crippen molar-refractivity contribution >= 4 is 17.5 Å². The Morgan fingerprint density at radius 2 is 1.78 bits per heavy atom. The summed E-state index contributed by atoms with van der Waals surface area (Å²) >= 11 is 0. The van der Waals surface area contributed by atoms with Crippen LogP contribution in [-0.2, 0) is 15.0 Å². The van der Waals surface area contributed by atoms with Crippen LogP contribution in [0.1, 0.15) is 44.1 Å². The minimum atomic E-state index is -0.643. The maximum Gasteiger partial charge on any atom is 0.255 e. The van der Waals surface area contributed by atoms with Crippen LogP contribution in [0.15, 0.2) is 24.3 Å². The van der Waals surface area contributed by atoms with E-state index < -0.39 is 12.1 Å². The van der Waals surface area contributed by atoms with Gasteiger partial charge in [0.15, 0.2) is 6.17 Å². The zero-order valence-corrected chi connectivity index (χ0v) is 15.8. The molecule has 2 amide bonds. The summed E-state index contributed by atoms with van der Waals surface area (Å²) in [7, 11) is 0. The Balaban J connectivity index is 1.38. The summed E-state index contributed by atoms with van der Waals surface area (Å²) < 4.78 is 0. The van der Waals surface area contributed by atoms with Crippen molar-refractivity contribution in [3.8, 4) is 0 Å². The second-order valence-electron chi connectivity index (χ2n) is 8.69. The summed E-state index contributed by atoms with van der Waals surface area (Å²) in [6.45, 7) is 4.35. The predicted octanol–water partition coefficient (Wildman–Crippen LogP) is 1.44. The van der Waals surface area contributed by atoms with Crippen LogP contribution < -0.4 is 10.6 Å². The molecule has 0 aromatic heterocycles. The van der Waals surface area contributed by atoms with Crippen molar-refractivity contribution in [1.82, 2.24) is 9.80 Å². The maximum atomic E-state index is 12.9. The zero-order chi connectivity index (χ0) is 18.6. The van der Waals surface area contributed by atoms with Gasteiger partial charge in [-0.2, -0.15) is 0 Å². The molecule has 4 aliphatic rings. The van der Waals surface area contributed by atoms with E-state index in [2.05, 4.69) is 17.0 Å². The van der Waals surface area contributed by atoms with E-state index in [0.29, 0.717) is 5.41 Å². The molecule has 1 unspecified atom stereocenters. The highest BCUT2D eigenvalue weighted by atomic mass is 16.2. The molecule has 1 aromatic rings. The number of anilines is 1. The Kier molecular flexibility index (Phi) is 4.02. The number of fused-ring (bicyclic) bond motifs is 1. The molecule has 1 saturated carbocycles. The molecule has 1 aliphatic carbocycles. The first-order valence-electron chi connectivity index (χ1n) is 10.3. The molecule has 0 bridgehead atoms. The van der Waals surface area contributed by atoms with Crippen molar-refractivity contribution in [2.24, 2.45) is 5.73 Å². The van der Waals surface area contributed by atoms with E-state index in [1.807, 2.05) is 17.0 Å². The van der Waals surface area contributed by atoms with Crippen LogP contribution in [0, 0.1) is 0 Å². The Morgan fingerprint density at radius 1 is 1.07 bits per heavy atom. The van der Waals surface area contributed by atoms with E-state index in [-0.39, 0.29) is 11.9 Å². The molecule has 3 saturated heterocycles. The number of carbonyl (C=O) groups excluding carboxylic acids is 2. The number of nitrogens with two attached hydrogens (primary N) is 1. The van der Waals surface area contributed by atoms with Gasteiger partial charge in [0.1, 0.15) is 0 Å². The first-order valence-corrected chi connectivity index (χ1v) is 10.3. The Labute approximate surface area is 160 Å². The molecule has 5 rings (SSSR count). The van der Waals surface area contributed by atoms with Crippen LogP contribution in [-0.4, -0.2) is 60.0 Å². The average molecular weight is 368 g/mol. The van der Waals surface area contributed by atoms with Crippen LogP contribution >= 0.6 is 0 Å². The molecule has 27 heavy (non-hydrogen) atoms. The van der Waals surface area contributed by atoms with Gasteiger partial charge in [0.25, 0.3) is 5.91 Å². The normalized spacial score (nSPS) is 30.1. The molecule has 1 aromatic carbocycles. The molecule has 2 N–H and O–H groups in total. The molecule has 0 spiro atoms. The summed E-state index contributed by atoms with van der Waals surface area (Å²) in [4.78, 5) is 31.2. The van der Waals surface area contributed by atoms with Crippen molar-refractivity contribution < 1.29 is 9.59 Å². The van der Waals surface area contributed by atoms with E-state index in [1.54, 1.807) is 4.90 Å². The van der Waals surface area contributed by atoms with E-state index >= 15 is 0 Å². The second-order valence-corrected chi connectivity index (χ2v) is 8.69. The summed E-state index contributed by atoms with van der Waals surface area (Å²) in [6.07, 6.45) is 6.24. The Bertz CT molecular complexity index is 752. The van der Waals surface area contributed by atoms with Gasteiger partial charge >= 0.3 is 0 Å². The van der Waals surface area contributed by atoms with Gasteiger partial charge in [0, 0.05) is 24.2 Å². The lowest BCUT2D eigenvalue weighted by molar-refractivity contribution is -0.122.